The van der Waals surface area contributed by atoms with Gasteiger partial charge in [-0.2, -0.15) is 0 Å². The van der Waals surface area contributed by atoms with Crippen molar-refractivity contribution in [3.8, 4) is 0 Å². The van der Waals surface area contributed by atoms with Gasteiger partial charge in [0.2, 0.25) is 0 Å². The standard InChI is InChI=1S/C11H9F2N3/c12-8-1-7(2-9(13)4-8)3-11-15-5-10(14)6-16-11/h1-2,4-6H,3,14H2. The third kappa shape index (κ3) is 2.50. The van der Waals surface area contributed by atoms with Crippen LogP contribution in [0, 0.1) is 11.6 Å². The highest BCUT2D eigenvalue weighted by Gasteiger charge is 2.03. The Morgan fingerprint density at radius 2 is 1.56 bits per heavy atom. The zero-order valence-corrected chi connectivity index (χ0v) is 8.32. The first-order valence-electron chi connectivity index (χ1n) is 4.65. The number of nitrogens with zero attached hydrogens (tertiary/aromatic N) is 2. The van der Waals surface area contributed by atoms with Crippen molar-refractivity contribution in [2.24, 2.45) is 0 Å². The predicted octanol–water partition coefficient (Wildman–Crippen LogP) is 1.93. The van der Waals surface area contributed by atoms with Crippen LogP contribution in [0.5, 0.6) is 0 Å². The normalized spacial score (nSPS) is 10.4. The summed E-state index contributed by atoms with van der Waals surface area (Å²) >= 11 is 0. The molecule has 1 heterocycles. The topological polar surface area (TPSA) is 51.8 Å². The van der Waals surface area contributed by atoms with Crippen molar-refractivity contribution in [3.05, 3.63) is 53.6 Å². The molecular weight excluding hydrogens is 212 g/mol. The van der Waals surface area contributed by atoms with Crippen molar-refractivity contribution in [2.45, 2.75) is 6.42 Å². The van der Waals surface area contributed by atoms with Crippen molar-refractivity contribution in [3.63, 3.8) is 0 Å². The first-order valence-corrected chi connectivity index (χ1v) is 4.65. The Labute approximate surface area is 91.0 Å². The Bertz CT molecular complexity index is 477. The summed E-state index contributed by atoms with van der Waals surface area (Å²) in [5, 5.41) is 0. The summed E-state index contributed by atoms with van der Waals surface area (Å²) in [6, 6.07) is 3.33. The number of nitrogen functional groups attached to an aromatic ring is 1. The third-order valence-corrected chi connectivity index (χ3v) is 2.01. The van der Waals surface area contributed by atoms with Gasteiger partial charge in [-0.05, 0) is 17.7 Å². The van der Waals surface area contributed by atoms with Crippen LogP contribution in [0.4, 0.5) is 14.5 Å². The fourth-order valence-electron chi connectivity index (χ4n) is 1.35. The summed E-state index contributed by atoms with van der Waals surface area (Å²) in [6.45, 7) is 0. The molecule has 2 aromatic rings. The van der Waals surface area contributed by atoms with E-state index in [9.17, 15) is 8.78 Å². The molecular formula is C11H9F2N3. The molecule has 0 saturated carbocycles. The van der Waals surface area contributed by atoms with Crippen LogP contribution in [0.2, 0.25) is 0 Å². The predicted molar refractivity (Wildman–Crippen MR) is 55.6 cm³/mol. The Morgan fingerprint density at radius 1 is 1.00 bits per heavy atom. The first kappa shape index (κ1) is 10.5. The van der Waals surface area contributed by atoms with Gasteiger partial charge in [0.05, 0.1) is 18.1 Å². The van der Waals surface area contributed by atoms with Crippen molar-refractivity contribution in [2.75, 3.05) is 5.73 Å². The average Bonchev–Trinajstić information content (AvgIpc) is 2.20. The maximum absolute atomic E-state index is 12.9. The molecule has 0 saturated heterocycles. The highest BCUT2D eigenvalue weighted by molar-refractivity contribution is 5.31. The number of anilines is 1. The van der Waals surface area contributed by atoms with E-state index in [2.05, 4.69) is 9.97 Å². The maximum atomic E-state index is 12.9. The lowest BCUT2D eigenvalue weighted by Gasteiger charge is -2.01. The average molecular weight is 221 g/mol. The van der Waals surface area contributed by atoms with Crippen molar-refractivity contribution in [1.82, 2.24) is 9.97 Å². The molecule has 1 aromatic carbocycles. The van der Waals surface area contributed by atoms with E-state index in [1.54, 1.807) is 0 Å². The Hall–Kier alpha value is -2.04. The summed E-state index contributed by atoms with van der Waals surface area (Å²) in [4.78, 5) is 7.90. The molecule has 0 aliphatic heterocycles. The number of halogens is 2. The molecule has 0 unspecified atom stereocenters. The van der Waals surface area contributed by atoms with Gasteiger partial charge >= 0.3 is 0 Å². The molecule has 2 rings (SSSR count). The lowest BCUT2D eigenvalue weighted by atomic mass is 10.1. The van der Waals surface area contributed by atoms with Gasteiger partial charge in [-0.3, -0.25) is 0 Å². The van der Waals surface area contributed by atoms with Gasteiger partial charge in [0.1, 0.15) is 17.5 Å². The summed E-state index contributed by atoms with van der Waals surface area (Å²) in [5.41, 5.74) is 6.36. The Kier molecular flexibility index (Phi) is 2.76. The van der Waals surface area contributed by atoms with Crippen LogP contribution in [0.3, 0.4) is 0 Å². The highest BCUT2D eigenvalue weighted by atomic mass is 19.1. The van der Waals surface area contributed by atoms with Crippen molar-refractivity contribution in [1.29, 1.82) is 0 Å². The van der Waals surface area contributed by atoms with E-state index in [0.717, 1.165) is 6.07 Å². The second kappa shape index (κ2) is 4.22. The smallest absolute Gasteiger partial charge is 0.132 e. The number of rotatable bonds is 2. The van der Waals surface area contributed by atoms with Gasteiger partial charge in [0.25, 0.3) is 0 Å². The van der Waals surface area contributed by atoms with Crippen LogP contribution >= 0.6 is 0 Å². The minimum absolute atomic E-state index is 0.273. The summed E-state index contributed by atoms with van der Waals surface area (Å²) in [6.07, 6.45) is 3.19. The van der Waals surface area contributed by atoms with Crippen molar-refractivity contribution < 1.29 is 8.78 Å². The Morgan fingerprint density at radius 3 is 2.12 bits per heavy atom. The number of aromatic nitrogens is 2. The summed E-state index contributed by atoms with van der Waals surface area (Å²) in [5.74, 6) is -0.741. The SMILES string of the molecule is Nc1cnc(Cc2cc(F)cc(F)c2)nc1. The zero-order valence-electron chi connectivity index (χ0n) is 8.32. The van der Waals surface area contributed by atoms with Gasteiger partial charge in [-0.25, -0.2) is 18.7 Å². The van der Waals surface area contributed by atoms with Gasteiger partial charge < -0.3 is 5.73 Å². The number of hydrogen-bond donors (Lipinski definition) is 1. The molecule has 16 heavy (non-hydrogen) atoms. The lowest BCUT2D eigenvalue weighted by Crippen LogP contribution is -1.98. The van der Waals surface area contributed by atoms with Crippen LogP contribution < -0.4 is 5.73 Å². The van der Waals surface area contributed by atoms with Gasteiger partial charge in [-0.1, -0.05) is 0 Å². The van der Waals surface area contributed by atoms with E-state index in [1.165, 1.54) is 24.5 Å². The van der Waals surface area contributed by atoms with Crippen LogP contribution in [0.15, 0.2) is 30.6 Å². The second-order valence-corrected chi connectivity index (χ2v) is 3.39. The fourth-order valence-corrected chi connectivity index (χ4v) is 1.35. The summed E-state index contributed by atoms with van der Waals surface area (Å²) < 4.78 is 25.8. The van der Waals surface area contributed by atoms with Crippen LogP contribution in [-0.4, -0.2) is 9.97 Å². The van der Waals surface area contributed by atoms with Gasteiger partial charge in [0.15, 0.2) is 0 Å². The first-order chi connectivity index (χ1) is 7.63. The van der Waals surface area contributed by atoms with Crippen LogP contribution in [0.1, 0.15) is 11.4 Å². The molecule has 0 bridgehead atoms. The summed E-state index contributed by atoms with van der Waals surface area (Å²) in [7, 11) is 0. The van der Waals surface area contributed by atoms with E-state index in [0.29, 0.717) is 17.1 Å². The highest BCUT2D eigenvalue weighted by Crippen LogP contribution is 2.11. The van der Waals surface area contributed by atoms with Crippen LogP contribution in [-0.2, 0) is 6.42 Å². The van der Waals surface area contributed by atoms with E-state index in [4.69, 9.17) is 5.73 Å². The molecule has 5 heteroatoms. The number of benzene rings is 1. The van der Waals surface area contributed by atoms with Crippen LogP contribution in [0.25, 0.3) is 0 Å². The maximum Gasteiger partial charge on any atom is 0.132 e. The fraction of sp³-hybridized carbons (Fsp3) is 0.0909. The number of hydrogen-bond acceptors (Lipinski definition) is 3. The largest absolute Gasteiger partial charge is 0.396 e. The molecule has 0 aliphatic rings. The molecule has 2 N–H and O–H groups in total. The minimum atomic E-state index is -0.606. The van der Waals surface area contributed by atoms with E-state index < -0.39 is 11.6 Å². The molecule has 0 aliphatic carbocycles. The zero-order chi connectivity index (χ0) is 11.5. The van der Waals surface area contributed by atoms with E-state index in [1.807, 2.05) is 0 Å². The molecule has 0 amide bonds. The molecule has 3 nitrogen and oxygen atoms in total. The molecule has 0 atom stereocenters. The second-order valence-electron chi connectivity index (χ2n) is 3.39. The van der Waals surface area contributed by atoms with Gasteiger partial charge in [-0.15, -0.1) is 0 Å². The third-order valence-electron chi connectivity index (χ3n) is 2.01. The molecule has 0 spiro atoms. The molecule has 82 valence electrons. The molecule has 1 aromatic heterocycles. The van der Waals surface area contributed by atoms with Gasteiger partial charge in [0, 0.05) is 12.5 Å². The lowest BCUT2D eigenvalue weighted by molar-refractivity contribution is 0.580. The molecule has 0 radical (unpaired) electrons. The molecule has 0 fully saturated rings. The van der Waals surface area contributed by atoms with Crippen molar-refractivity contribution >= 4 is 5.69 Å². The monoisotopic (exact) mass is 221 g/mol. The van der Waals surface area contributed by atoms with E-state index in [-0.39, 0.29) is 6.42 Å². The van der Waals surface area contributed by atoms with E-state index >= 15 is 0 Å². The number of nitrogens with two attached hydrogens (primary N) is 1. The Balaban J connectivity index is 2.23. The quantitative estimate of drug-likeness (QED) is 0.842. The minimum Gasteiger partial charge on any atom is -0.396 e.